The van der Waals surface area contributed by atoms with Crippen LogP contribution < -0.4 is 0 Å². The summed E-state index contributed by atoms with van der Waals surface area (Å²) in [5, 5.41) is 0.879. The number of hydrogen-bond acceptors (Lipinski definition) is 4. The maximum Gasteiger partial charge on any atom is 0.268 e. The van der Waals surface area contributed by atoms with Gasteiger partial charge in [-0.05, 0) is 30.7 Å². The van der Waals surface area contributed by atoms with Gasteiger partial charge in [0.2, 0.25) is 0 Å². The minimum Gasteiger partial charge on any atom is -0.320 e. The van der Waals surface area contributed by atoms with E-state index in [9.17, 15) is 8.42 Å². The van der Waals surface area contributed by atoms with E-state index in [2.05, 4.69) is 0 Å². The Balaban J connectivity index is 1.61. The second-order valence-corrected chi connectivity index (χ2v) is 8.78. The Morgan fingerprint density at radius 3 is 2.17 bits per heavy atom. The van der Waals surface area contributed by atoms with Crippen LogP contribution in [0.15, 0.2) is 90.0 Å². The Kier molecular flexibility index (Phi) is 4.28. The third-order valence-electron chi connectivity index (χ3n) is 5.10. The summed E-state index contributed by atoms with van der Waals surface area (Å²) in [6, 6.07) is 23.8. The van der Waals surface area contributed by atoms with E-state index in [1.165, 1.54) is 3.97 Å². The van der Waals surface area contributed by atoms with Crippen molar-refractivity contribution in [3.8, 4) is 11.1 Å². The number of benzene rings is 3. The highest BCUT2D eigenvalue weighted by molar-refractivity contribution is 7.90. The van der Waals surface area contributed by atoms with Gasteiger partial charge in [-0.3, -0.25) is 0 Å². The van der Waals surface area contributed by atoms with E-state index in [0.29, 0.717) is 5.52 Å². The van der Waals surface area contributed by atoms with E-state index in [1.54, 1.807) is 36.5 Å². The number of ether oxygens (including phenoxy) is 2. The molecule has 6 heteroatoms. The fourth-order valence-corrected chi connectivity index (χ4v) is 5.01. The fourth-order valence-electron chi connectivity index (χ4n) is 3.62. The van der Waals surface area contributed by atoms with Crippen molar-refractivity contribution in [2.45, 2.75) is 24.4 Å². The molecule has 0 N–H and O–H groups in total. The average Bonchev–Trinajstić information content (AvgIpc) is 3.13. The van der Waals surface area contributed by atoms with Gasteiger partial charge in [-0.15, -0.1) is 0 Å². The third-order valence-corrected chi connectivity index (χ3v) is 6.79. The summed E-state index contributed by atoms with van der Waals surface area (Å²) in [5.41, 5.74) is 3.37. The first-order chi connectivity index (χ1) is 14.0. The summed E-state index contributed by atoms with van der Waals surface area (Å²) in [4.78, 5) is 0.260. The first-order valence-corrected chi connectivity index (χ1v) is 10.8. The number of hydrogen-bond donors (Lipinski definition) is 0. The predicted octanol–water partition coefficient (Wildman–Crippen LogP) is 4.94. The standard InChI is InChI=1S/C23H19NO4S/c1-16-27-23(28-16)18-13-11-17(12-14-18)21-15-24(22-10-6-5-9-20(21)22)29(25,26)19-7-3-2-4-8-19/h2-16,23H,1H3. The molecule has 0 unspecified atom stereocenters. The quantitative estimate of drug-likeness (QED) is 0.483. The van der Waals surface area contributed by atoms with E-state index in [1.807, 2.05) is 55.5 Å². The molecule has 0 atom stereocenters. The predicted molar refractivity (Wildman–Crippen MR) is 111 cm³/mol. The molecule has 3 aromatic carbocycles. The maximum absolute atomic E-state index is 13.2. The van der Waals surface area contributed by atoms with Gasteiger partial charge in [-0.25, -0.2) is 12.4 Å². The molecule has 4 aromatic rings. The largest absolute Gasteiger partial charge is 0.320 e. The first kappa shape index (κ1) is 18.1. The van der Waals surface area contributed by atoms with Crippen LogP contribution in [0, 0.1) is 0 Å². The van der Waals surface area contributed by atoms with Crippen LogP contribution in [0.25, 0.3) is 22.0 Å². The van der Waals surface area contributed by atoms with Crippen LogP contribution >= 0.6 is 0 Å². The SMILES string of the molecule is CC1OC(c2ccc(-c3cn(S(=O)(=O)c4ccccc4)c4ccccc34)cc2)O1. The molecule has 146 valence electrons. The molecule has 1 aliphatic rings. The number of fused-ring (bicyclic) bond motifs is 1. The van der Waals surface area contributed by atoms with Crippen LogP contribution in [0.4, 0.5) is 0 Å². The number of rotatable bonds is 4. The van der Waals surface area contributed by atoms with E-state index in [4.69, 9.17) is 9.47 Å². The topological polar surface area (TPSA) is 57.5 Å². The zero-order chi connectivity index (χ0) is 20.0. The minimum absolute atomic E-state index is 0.180. The van der Waals surface area contributed by atoms with Crippen molar-refractivity contribution in [1.82, 2.24) is 3.97 Å². The highest BCUT2D eigenvalue weighted by atomic mass is 32.2. The molecule has 29 heavy (non-hydrogen) atoms. The summed E-state index contributed by atoms with van der Waals surface area (Å²) in [6.45, 7) is 1.85. The number of nitrogens with zero attached hydrogens (tertiary/aromatic N) is 1. The highest BCUT2D eigenvalue weighted by Crippen LogP contribution is 2.36. The molecule has 0 radical (unpaired) electrons. The van der Waals surface area contributed by atoms with Gasteiger partial charge in [-0.2, -0.15) is 0 Å². The van der Waals surface area contributed by atoms with Gasteiger partial charge in [0, 0.05) is 22.7 Å². The van der Waals surface area contributed by atoms with Crippen molar-refractivity contribution in [2.75, 3.05) is 0 Å². The van der Waals surface area contributed by atoms with E-state index in [-0.39, 0.29) is 17.5 Å². The van der Waals surface area contributed by atoms with Gasteiger partial charge < -0.3 is 9.47 Å². The van der Waals surface area contributed by atoms with Crippen molar-refractivity contribution in [3.63, 3.8) is 0 Å². The smallest absolute Gasteiger partial charge is 0.268 e. The Bertz CT molecular complexity index is 1270. The minimum atomic E-state index is -3.70. The van der Waals surface area contributed by atoms with Gasteiger partial charge in [0.05, 0.1) is 10.4 Å². The Labute approximate surface area is 169 Å². The Hall–Kier alpha value is -2.93. The molecule has 1 saturated heterocycles. The molecule has 2 heterocycles. The highest BCUT2D eigenvalue weighted by Gasteiger charge is 2.28. The van der Waals surface area contributed by atoms with Crippen LogP contribution in [0.1, 0.15) is 18.8 Å². The summed E-state index contributed by atoms with van der Waals surface area (Å²) in [5.74, 6) is 0. The molecule has 5 rings (SSSR count). The Morgan fingerprint density at radius 2 is 1.48 bits per heavy atom. The molecule has 0 amide bonds. The lowest BCUT2D eigenvalue weighted by atomic mass is 10.0. The summed E-state index contributed by atoms with van der Waals surface area (Å²) in [6.07, 6.45) is 1.18. The zero-order valence-corrected chi connectivity index (χ0v) is 16.5. The lowest BCUT2D eigenvalue weighted by Crippen LogP contribution is -2.31. The molecule has 0 saturated carbocycles. The first-order valence-electron chi connectivity index (χ1n) is 9.36. The van der Waals surface area contributed by atoms with Crippen LogP contribution in [0.5, 0.6) is 0 Å². The lowest BCUT2D eigenvalue weighted by molar-refractivity contribution is -0.382. The molecule has 0 aliphatic carbocycles. The molecular formula is C23H19NO4S. The van der Waals surface area contributed by atoms with Gasteiger partial charge in [0.15, 0.2) is 12.6 Å². The zero-order valence-electron chi connectivity index (χ0n) is 15.7. The molecular weight excluding hydrogens is 386 g/mol. The second-order valence-electron chi connectivity index (χ2n) is 6.97. The second kappa shape index (κ2) is 6.84. The van der Waals surface area contributed by atoms with E-state index >= 15 is 0 Å². The van der Waals surface area contributed by atoms with Crippen LogP contribution in [0.3, 0.4) is 0 Å². The van der Waals surface area contributed by atoms with E-state index in [0.717, 1.165) is 22.1 Å². The number of para-hydroxylation sites is 1. The summed E-state index contributed by atoms with van der Waals surface area (Å²) < 4.78 is 38.9. The molecule has 1 aromatic heterocycles. The fraction of sp³-hybridized carbons (Fsp3) is 0.130. The molecule has 1 aliphatic heterocycles. The average molecular weight is 405 g/mol. The van der Waals surface area contributed by atoms with Crippen LogP contribution in [-0.2, 0) is 19.5 Å². The van der Waals surface area contributed by atoms with Crippen molar-refractivity contribution >= 4 is 20.9 Å². The normalized spacial score (nSPS) is 19.2. The third kappa shape index (κ3) is 3.06. The Morgan fingerprint density at radius 1 is 0.828 bits per heavy atom. The summed E-state index contributed by atoms with van der Waals surface area (Å²) in [7, 11) is -3.70. The van der Waals surface area contributed by atoms with Gasteiger partial charge in [0.25, 0.3) is 10.0 Å². The van der Waals surface area contributed by atoms with Gasteiger partial charge in [-0.1, -0.05) is 60.7 Å². The van der Waals surface area contributed by atoms with Crippen molar-refractivity contribution in [3.05, 3.63) is 90.6 Å². The maximum atomic E-state index is 13.2. The van der Waals surface area contributed by atoms with Crippen molar-refractivity contribution in [1.29, 1.82) is 0 Å². The molecule has 0 bridgehead atoms. The van der Waals surface area contributed by atoms with E-state index < -0.39 is 10.0 Å². The van der Waals surface area contributed by atoms with Gasteiger partial charge >= 0.3 is 0 Å². The van der Waals surface area contributed by atoms with Crippen molar-refractivity contribution in [2.24, 2.45) is 0 Å². The summed E-state index contributed by atoms with van der Waals surface area (Å²) >= 11 is 0. The number of aromatic nitrogens is 1. The molecule has 0 spiro atoms. The van der Waals surface area contributed by atoms with Crippen LogP contribution in [0.2, 0.25) is 0 Å². The monoisotopic (exact) mass is 405 g/mol. The van der Waals surface area contributed by atoms with Crippen LogP contribution in [-0.4, -0.2) is 18.7 Å². The van der Waals surface area contributed by atoms with Crippen molar-refractivity contribution < 1.29 is 17.9 Å². The molecule has 5 nitrogen and oxygen atoms in total. The van der Waals surface area contributed by atoms with Gasteiger partial charge in [0.1, 0.15) is 0 Å². The lowest BCUT2D eigenvalue weighted by Gasteiger charge is -2.33. The molecule has 1 fully saturated rings.